The van der Waals surface area contributed by atoms with Crippen molar-refractivity contribution in [1.29, 1.82) is 0 Å². The van der Waals surface area contributed by atoms with Gasteiger partial charge < -0.3 is 16.8 Å². The van der Waals surface area contributed by atoms with Gasteiger partial charge in [0.2, 0.25) is 16.0 Å². The summed E-state index contributed by atoms with van der Waals surface area (Å²) in [5, 5.41) is 4.43. The SMILES string of the molecule is C[C@H](Nc1nc(N)ncc1N)c1cc2cccc(-c3ccnc(NS(C)(=O)=O)c3)c2c(=O)n1-c1ccccc1. The molecule has 198 valence electrons. The normalized spacial score (nSPS) is 12.3. The number of hydrogen-bond acceptors (Lipinski definition) is 9. The van der Waals surface area contributed by atoms with E-state index in [-0.39, 0.29) is 17.3 Å². The van der Waals surface area contributed by atoms with Crippen LogP contribution in [0.2, 0.25) is 0 Å². The molecular formula is C27H26N8O3S. The Bertz CT molecular complexity index is 1860. The maximum atomic E-state index is 14.3. The first kappa shape index (κ1) is 25.7. The predicted octanol–water partition coefficient (Wildman–Crippen LogP) is 3.55. The maximum Gasteiger partial charge on any atom is 0.263 e. The van der Waals surface area contributed by atoms with Crippen LogP contribution < -0.4 is 27.1 Å². The summed E-state index contributed by atoms with van der Waals surface area (Å²) in [6.45, 7) is 1.90. The van der Waals surface area contributed by atoms with Crippen LogP contribution in [0.5, 0.6) is 0 Å². The highest BCUT2D eigenvalue weighted by molar-refractivity contribution is 7.92. The predicted molar refractivity (Wildman–Crippen MR) is 154 cm³/mol. The van der Waals surface area contributed by atoms with Gasteiger partial charge in [-0.05, 0) is 53.8 Å². The fraction of sp³-hybridized carbons (Fsp3) is 0.111. The Morgan fingerprint density at radius 3 is 2.49 bits per heavy atom. The molecule has 39 heavy (non-hydrogen) atoms. The lowest BCUT2D eigenvalue weighted by Crippen LogP contribution is -2.26. The van der Waals surface area contributed by atoms with Gasteiger partial charge in [0.25, 0.3) is 5.56 Å². The van der Waals surface area contributed by atoms with Crippen LogP contribution in [0.3, 0.4) is 0 Å². The number of rotatable bonds is 7. The molecule has 0 spiro atoms. The van der Waals surface area contributed by atoms with E-state index >= 15 is 0 Å². The molecule has 0 amide bonds. The van der Waals surface area contributed by atoms with Gasteiger partial charge >= 0.3 is 0 Å². The van der Waals surface area contributed by atoms with Crippen LogP contribution >= 0.6 is 0 Å². The molecule has 5 rings (SSSR count). The van der Waals surface area contributed by atoms with E-state index in [1.165, 1.54) is 12.4 Å². The number of pyridine rings is 2. The topological polar surface area (TPSA) is 171 Å². The molecule has 0 aliphatic heterocycles. The largest absolute Gasteiger partial charge is 0.394 e. The molecule has 0 fully saturated rings. The number of sulfonamides is 1. The van der Waals surface area contributed by atoms with Crippen LogP contribution in [0.25, 0.3) is 27.6 Å². The first-order chi connectivity index (χ1) is 18.6. The molecule has 3 heterocycles. The number of nitrogens with zero attached hydrogens (tertiary/aromatic N) is 4. The molecule has 0 radical (unpaired) electrons. The number of hydrogen-bond donors (Lipinski definition) is 4. The Kier molecular flexibility index (Phi) is 6.62. The van der Waals surface area contributed by atoms with Gasteiger partial charge in [-0.3, -0.25) is 14.1 Å². The van der Waals surface area contributed by atoms with Gasteiger partial charge in [0.1, 0.15) is 5.82 Å². The molecule has 1 atom stereocenters. The molecular weight excluding hydrogens is 516 g/mol. The van der Waals surface area contributed by atoms with E-state index in [1.807, 2.05) is 61.5 Å². The number of anilines is 4. The smallest absolute Gasteiger partial charge is 0.263 e. The zero-order valence-corrected chi connectivity index (χ0v) is 22.0. The Morgan fingerprint density at radius 1 is 0.974 bits per heavy atom. The second-order valence-corrected chi connectivity index (χ2v) is 10.8. The molecule has 3 aromatic heterocycles. The van der Waals surface area contributed by atoms with E-state index in [2.05, 4.69) is 25.0 Å². The van der Waals surface area contributed by atoms with Crippen molar-refractivity contribution in [2.45, 2.75) is 13.0 Å². The Balaban J connectivity index is 1.72. The van der Waals surface area contributed by atoms with E-state index in [4.69, 9.17) is 11.5 Å². The summed E-state index contributed by atoms with van der Waals surface area (Å²) in [4.78, 5) is 26.5. The second-order valence-electron chi connectivity index (χ2n) is 9.02. The van der Waals surface area contributed by atoms with Crippen LogP contribution in [0.4, 0.5) is 23.3 Å². The average Bonchev–Trinajstić information content (AvgIpc) is 2.90. The third kappa shape index (κ3) is 5.36. The van der Waals surface area contributed by atoms with Crippen LogP contribution in [-0.4, -0.2) is 34.2 Å². The first-order valence-electron chi connectivity index (χ1n) is 11.9. The number of aromatic nitrogens is 4. The van der Waals surface area contributed by atoms with Crippen molar-refractivity contribution in [2.75, 3.05) is 27.8 Å². The highest BCUT2D eigenvalue weighted by Crippen LogP contribution is 2.31. The Hall–Kier alpha value is -4.97. The van der Waals surface area contributed by atoms with Crippen molar-refractivity contribution in [2.24, 2.45) is 0 Å². The number of fused-ring (bicyclic) bond motifs is 1. The summed E-state index contributed by atoms with van der Waals surface area (Å²) in [5.74, 6) is 0.592. The van der Waals surface area contributed by atoms with Crippen molar-refractivity contribution in [3.63, 3.8) is 0 Å². The van der Waals surface area contributed by atoms with E-state index in [1.54, 1.807) is 16.7 Å². The first-order valence-corrected chi connectivity index (χ1v) is 13.8. The van der Waals surface area contributed by atoms with Crippen molar-refractivity contribution in [3.8, 4) is 16.8 Å². The van der Waals surface area contributed by atoms with E-state index in [0.29, 0.717) is 44.8 Å². The van der Waals surface area contributed by atoms with E-state index in [9.17, 15) is 13.2 Å². The molecule has 0 saturated carbocycles. The third-order valence-electron chi connectivity index (χ3n) is 6.08. The van der Waals surface area contributed by atoms with Gasteiger partial charge in [-0.15, -0.1) is 0 Å². The average molecular weight is 543 g/mol. The molecule has 11 nitrogen and oxygen atoms in total. The van der Waals surface area contributed by atoms with Gasteiger partial charge in [-0.2, -0.15) is 4.98 Å². The number of nitrogens with one attached hydrogen (secondary N) is 2. The van der Waals surface area contributed by atoms with Gasteiger partial charge in [0.15, 0.2) is 5.82 Å². The molecule has 12 heteroatoms. The van der Waals surface area contributed by atoms with Crippen molar-refractivity contribution < 1.29 is 8.42 Å². The molecule has 6 N–H and O–H groups in total. The zero-order valence-electron chi connectivity index (χ0n) is 21.2. The third-order valence-corrected chi connectivity index (χ3v) is 6.66. The summed E-state index contributed by atoms with van der Waals surface area (Å²) in [6.07, 6.45) is 3.98. The van der Waals surface area contributed by atoms with Crippen LogP contribution in [0.15, 0.2) is 83.9 Å². The maximum absolute atomic E-state index is 14.3. The highest BCUT2D eigenvalue weighted by atomic mass is 32.2. The molecule has 0 saturated heterocycles. The molecule has 5 aromatic rings. The Labute approximate surface area is 224 Å². The summed E-state index contributed by atoms with van der Waals surface area (Å²) in [7, 11) is -3.53. The summed E-state index contributed by atoms with van der Waals surface area (Å²) >= 11 is 0. The van der Waals surface area contributed by atoms with Crippen LogP contribution in [-0.2, 0) is 10.0 Å². The highest BCUT2D eigenvalue weighted by Gasteiger charge is 2.20. The van der Waals surface area contributed by atoms with E-state index in [0.717, 1.165) is 6.26 Å². The quantitative estimate of drug-likeness (QED) is 0.240. The molecule has 0 aliphatic rings. The molecule has 2 aromatic carbocycles. The lowest BCUT2D eigenvalue weighted by atomic mass is 9.98. The zero-order chi connectivity index (χ0) is 27.7. The van der Waals surface area contributed by atoms with Gasteiger partial charge in [-0.25, -0.2) is 18.4 Å². The van der Waals surface area contributed by atoms with Crippen LogP contribution in [0.1, 0.15) is 18.7 Å². The molecule has 0 aliphatic carbocycles. The second kappa shape index (κ2) is 10.1. The molecule has 0 unspecified atom stereocenters. The van der Waals surface area contributed by atoms with E-state index < -0.39 is 16.1 Å². The number of nitrogen functional groups attached to an aromatic ring is 2. The summed E-state index contributed by atoms with van der Waals surface area (Å²) in [5.41, 5.74) is 14.5. The number of benzene rings is 2. The molecule has 0 bridgehead atoms. The fourth-order valence-corrected chi connectivity index (χ4v) is 4.92. The van der Waals surface area contributed by atoms with Crippen molar-refractivity contribution >= 4 is 44.1 Å². The minimum Gasteiger partial charge on any atom is -0.394 e. The van der Waals surface area contributed by atoms with Crippen molar-refractivity contribution in [1.82, 2.24) is 19.5 Å². The number of nitrogens with two attached hydrogens (primary N) is 2. The lowest BCUT2D eigenvalue weighted by molar-refractivity contribution is 0.606. The lowest BCUT2D eigenvalue weighted by Gasteiger charge is -2.22. The number of para-hydroxylation sites is 1. The van der Waals surface area contributed by atoms with Crippen molar-refractivity contribution in [3.05, 3.63) is 95.2 Å². The van der Waals surface area contributed by atoms with Crippen LogP contribution in [0, 0.1) is 0 Å². The fourth-order valence-electron chi connectivity index (χ4n) is 4.43. The van der Waals surface area contributed by atoms with Gasteiger partial charge in [0, 0.05) is 17.6 Å². The summed E-state index contributed by atoms with van der Waals surface area (Å²) < 4.78 is 27.5. The summed E-state index contributed by atoms with van der Waals surface area (Å²) in [6, 6.07) is 19.7. The Morgan fingerprint density at radius 2 is 1.74 bits per heavy atom. The minimum atomic E-state index is -3.53. The van der Waals surface area contributed by atoms with Gasteiger partial charge in [0.05, 0.1) is 29.6 Å². The standard InChI is InChI=1S/C27H26N8O3S/c1-16(32-25-21(28)15-31-27(29)33-25)22-13-18-7-6-10-20(17-11-12-30-23(14-17)34-39(2,37)38)24(18)26(36)35(22)19-8-4-3-5-9-19/h3-16H,28H2,1-2H3,(H,30,34)(H3,29,31,32,33)/t16-/m0/s1. The minimum absolute atomic E-state index is 0.0737. The van der Waals surface area contributed by atoms with Gasteiger partial charge in [-0.1, -0.05) is 36.4 Å². The monoisotopic (exact) mass is 542 g/mol.